The number of esters is 1. The minimum atomic E-state index is -0.619. The van der Waals surface area contributed by atoms with Crippen molar-refractivity contribution in [2.75, 3.05) is 12.4 Å². The second-order valence-corrected chi connectivity index (χ2v) is 9.09. The van der Waals surface area contributed by atoms with Crippen molar-refractivity contribution in [2.24, 2.45) is 7.05 Å². The molecule has 4 aromatic rings. The van der Waals surface area contributed by atoms with Crippen LogP contribution in [0.4, 0.5) is 10.6 Å². The Hall–Kier alpha value is -4.64. The van der Waals surface area contributed by atoms with Gasteiger partial charge in [0.15, 0.2) is 11.5 Å². The van der Waals surface area contributed by atoms with Crippen LogP contribution in [0.15, 0.2) is 66.7 Å². The van der Waals surface area contributed by atoms with Gasteiger partial charge in [0.1, 0.15) is 6.10 Å². The summed E-state index contributed by atoms with van der Waals surface area (Å²) in [6.45, 7) is 1.81. The summed E-state index contributed by atoms with van der Waals surface area (Å²) < 4.78 is 11.9. The van der Waals surface area contributed by atoms with Gasteiger partial charge in [0.2, 0.25) is 0 Å². The SMILES string of the molecule is COC(=O)C1(c2ccc3cc(C#Cc4nnn(C)c4NC(=O)O[C@H](C)c4ccccc4)ccc3c2)CC1. The van der Waals surface area contributed by atoms with Gasteiger partial charge in [-0.2, -0.15) is 0 Å². The van der Waals surface area contributed by atoms with Gasteiger partial charge in [-0.1, -0.05) is 65.7 Å². The molecular weight excluding hydrogens is 468 g/mol. The fourth-order valence-corrected chi connectivity index (χ4v) is 4.34. The fourth-order valence-electron chi connectivity index (χ4n) is 4.34. The highest BCUT2D eigenvalue weighted by Gasteiger charge is 2.52. The van der Waals surface area contributed by atoms with Crippen LogP contribution in [-0.4, -0.2) is 34.2 Å². The largest absolute Gasteiger partial charge is 0.468 e. The van der Waals surface area contributed by atoms with Crippen molar-refractivity contribution in [3.63, 3.8) is 0 Å². The number of hydrogen-bond donors (Lipinski definition) is 1. The van der Waals surface area contributed by atoms with E-state index in [4.69, 9.17) is 9.47 Å². The van der Waals surface area contributed by atoms with E-state index in [0.717, 1.165) is 40.3 Å². The Bertz CT molecular complexity index is 1540. The highest BCUT2D eigenvalue weighted by atomic mass is 16.6. The summed E-state index contributed by atoms with van der Waals surface area (Å²) in [4.78, 5) is 24.7. The molecule has 37 heavy (non-hydrogen) atoms. The maximum Gasteiger partial charge on any atom is 0.413 e. The van der Waals surface area contributed by atoms with Gasteiger partial charge in [-0.05, 0) is 59.7 Å². The zero-order valence-corrected chi connectivity index (χ0v) is 20.8. The number of ether oxygens (including phenoxy) is 2. The van der Waals surface area contributed by atoms with Crippen LogP contribution in [-0.2, 0) is 26.7 Å². The van der Waals surface area contributed by atoms with E-state index in [9.17, 15) is 9.59 Å². The second kappa shape index (κ2) is 9.78. The molecule has 0 spiro atoms. The summed E-state index contributed by atoms with van der Waals surface area (Å²) in [5.41, 5.74) is 2.48. The highest BCUT2D eigenvalue weighted by Crippen LogP contribution is 2.49. The van der Waals surface area contributed by atoms with Gasteiger partial charge in [0.25, 0.3) is 0 Å². The molecule has 1 saturated carbocycles. The van der Waals surface area contributed by atoms with Crippen molar-refractivity contribution < 1.29 is 19.1 Å². The Labute approximate surface area is 214 Å². The molecule has 186 valence electrons. The quantitative estimate of drug-likeness (QED) is 0.314. The van der Waals surface area contributed by atoms with Crippen molar-refractivity contribution >= 4 is 28.7 Å². The number of aryl methyl sites for hydroxylation is 1. The second-order valence-electron chi connectivity index (χ2n) is 9.09. The number of carbonyl (C=O) groups is 2. The highest BCUT2D eigenvalue weighted by molar-refractivity contribution is 5.91. The number of hydrogen-bond acceptors (Lipinski definition) is 6. The lowest BCUT2D eigenvalue weighted by Crippen LogP contribution is -2.21. The van der Waals surface area contributed by atoms with Crippen molar-refractivity contribution in [2.45, 2.75) is 31.3 Å². The van der Waals surface area contributed by atoms with Crippen LogP contribution in [0.25, 0.3) is 10.8 Å². The van der Waals surface area contributed by atoms with Crippen LogP contribution in [0.3, 0.4) is 0 Å². The van der Waals surface area contributed by atoms with Gasteiger partial charge in [0.05, 0.1) is 12.5 Å². The molecule has 1 aliphatic rings. The van der Waals surface area contributed by atoms with Crippen LogP contribution < -0.4 is 5.32 Å². The van der Waals surface area contributed by atoms with Crippen LogP contribution in [0.5, 0.6) is 0 Å². The molecule has 1 N–H and O–H groups in total. The van der Waals surface area contributed by atoms with E-state index in [-0.39, 0.29) is 5.97 Å². The van der Waals surface area contributed by atoms with Crippen LogP contribution in [0.1, 0.15) is 48.3 Å². The molecule has 1 aliphatic carbocycles. The lowest BCUT2D eigenvalue weighted by atomic mass is 9.93. The topological polar surface area (TPSA) is 95.3 Å². The Morgan fingerprint density at radius 1 is 1.03 bits per heavy atom. The number of nitrogens with zero attached hydrogens (tertiary/aromatic N) is 3. The molecule has 5 rings (SSSR count). The monoisotopic (exact) mass is 494 g/mol. The zero-order chi connectivity index (χ0) is 26.0. The number of methoxy groups -OCH3 is 1. The lowest BCUT2D eigenvalue weighted by molar-refractivity contribution is -0.143. The molecule has 1 heterocycles. The van der Waals surface area contributed by atoms with Crippen molar-refractivity contribution in [3.8, 4) is 11.8 Å². The van der Waals surface area contributed by atoms with Crippen molar-refractivity contribution in [1.82, 2.24) is 15.0 Å². The van der Waals surface area contributed by atoms with E-state index in [2.05, 4.69) is 27.5 Å². The van der Waals surface area contributed by atoms with Crippen LogP contribution in [0, 0.1) is 11.8 Å². The Kier molecular flexibility index (Phi) is 6.36. The predicted molar refractivity (Wildman–Crippen MR) is 139 cm³/mol. The summed E-state index contributed by atoms with van der Waals surface area (Å²) >= 11 is 0. The van der Waals surface area contributed by atoms with Crippen LogP contribution >= 0.6 is 0 Å². The fraction of sp³-hybridized carbons (Fsp3) is 0.241. The van der Waals surface area contributed by atoms with E-state index in [0.29, 0.717) is 11.5 Å². The van der Waals surface area contributed by atoms with E-state index in [1.165, 1.54) is 11.8 Å². The average Bonchev–Trinajstić information content (AvgIpc) is 3.67. The summed E-state index contributed by atoms with van der Waals surface area (Å²) in [5, 5.41) is 12.8. The number of rotatable bonds is 5. The summed E-state index contributed by atoms with van der Waals surface area (Å²) in [6.07, 6.45) is 0.577. The number of amides is 1. The van der Waals surface area contributed by atoms with Crippen molar-refractivity contribution in [1.29, 1.82) is 0 Å². The Morgan fingerprint density at radius 2 is 1.76 bits per heavy atom. The number of nitrogens with one attached hydrogen (secondary N) is 1. The van der Waals surface area contributed by atoms with Gasteiger partial charge in [0, 0.05) is 12.6 Å². The summed E-state index contributed by atoms with van der Waals surface area (Å²) in [7, 11) is 3.10. The van der Waals surface area contributed by atoms with Crippen LogP contribution in [0.2, 0.25) is 0 Å². The third kappa shape index (κ3) is 4.89. The maximum atomic E-state index is 12.5. The maximum absolute atomic E-state index is 12.5. The first-order valence-corrected chi connectivity index (χ1v) is 12.0. The standard InChI is InChI=1S/C29H26N4O4/c1-19(21-7-5-4-6-8-21)37-28(35)30-26-25(31-32-33(26)2)14-10-20-9-11-23-18-24(13-12-22(23)17-20)29(15-16-29)27(34)36-3/h4-9,11-13,17-19H,15-16H2,1-3H3,(H,30,35)/t19-/m1/s1. The molecule has 0 saturated heterocycles. The molecule has 0 bridgehead atoms. The molecule has 0 radical (unpaired) electrons. The van der Waals surface area contributed by atoms with E-state index < -0.39 is 17.6 Å². The molecule has 1 atom stereocenters. The minimum Gasteiger partial charge on any atom is -0.468 e. The van der Waals surface area contributed by atoms with E-state index in [1.54, 1.807) is 14.0 Å². The zero-order valence-electron chi connectivity index (χ0n) is 20.8. The third-order valence-corrected chi connectivity index (χ3v) is 6.64. The molecule has 0 unspecified atom stereocenters. The Morgan fingerprint density at radius 3 is 2.49 bits per heavy atom. The molecule has 1 fully saturated rings. The molecule has 0 aliphatic heterocycles. The first-order valence-electron chi connectivity index (χ1n) is 12.0. The smallest absolute Gasteiger partial charge is 0.413 e. The van der Waals surface area contributed by atoms with Gasteiger partial charge < -0.3 is 9.47 Å². The van der Waals surface area contributed by atoms with E-state index >= 15 is 0 Å². The first kappa shape index (κ1) is 24.1. The van der Waals surface area contributed by atoms with Gasteiger partial charge in [-0.15, -0.1) is 5.10 Å². The number of anilines is 1. The lowest BCUT2D eigenvalue weighted by Gasteiger charge is -2.14. The number of carbonyl (C=O) groups excluding carboxylic acids is 2. The number of benzene rings is 3. The molecular formula is C29H26N4O4. The summed E-state index contributed by atoms with van der Waals surface area (Å²) in [5.74, 6) is 6.27. The molecule has 1 amide bonds. The van der Waals surface area contributed by atoms with Gasteiger partial charge in [-0.3, -0.25) is 10.1 Å². The minimum absolute atomic E-state index is 0.180. The van der Waals surface area contributed by atoms with E-state index in [1.807, 2.05) is 66.7 Å². The van der Waals surface area contributed by atoms with Gasteiger partial charge in [-0.25, -0.2) is 9.48 Å². The first-order chi connectivity index (χ1) is 17.9. The molecule has 3 aromatic carbocycles. The average molecular weight is 495 g/mol. The normalized spacial score (nSPS) is 14.2. The predicted octanol–water partition coefficient (Wildman–Crippen LogP) is 4.88. The summed E-state index contributed by atoms with van der Waals surface area (Å²) in [6, 6.07) is 21.4. The Balaban J connectivity index is 1.32. The van der Waals surface area contributed by atoms with Crippen molar-refractivity contribution in [3.05, 3.63) is 89.1 Å². The number of aromatic nitrogens is 3. The third-order valence-electron chi connectivity index (χ3n) is 6.64. The number of fused-ring (bicyclic) bond motifs is 1. The molecule has 8 heteroatoms. The molecule has 8 nitrogen and oxygen atoms in total. The van der Waals surface area contributed by atoms with Gasteiger partial charge >= 0.3 is 12.1 Å². The molecule has 1 aromatic heterocycles.